The molecule has 2 aliphatic carbocycles. The summed E-state index contributed by atoms with van der Waals surface area (Å²) in [4.78, 5) is 9.03. The van der Waals surface area contributed by atoms with Crippen LogP contribution in [0.25, 0.3) is 0 Å². The normalized spacial score (nSPS) is 19.1. The van der Waals surface area contributed by atoms with Crippen molar-refractivity contribution in [3.8, 4) is 0 Å². The zero-order valence-corrected chi connectivity index (χ0v) is 11.2. The van der Waals surface area contributed by atoms with Crippen molar-refractivity contribution in [2.75, 3.05) is 17.7 Å². The monoisotopic (exact) mass is 246 g/mol. The van der Waals surface area contributed by atoms with E-state index in [0.29, 0.717) is 6.04 Å². The summed E-state index contributed by atoms with van der Waals surface area (Å²) in [5.74, 6) is 4.59. The highest BCUT2D eigenvalue weighted by atomic mass is 15.1. The Labute approximate surface area is 109 Å². The number of anilines is 2. The SMILES string of the molecule is CCc1nc(NC)cc(NC(C2CC2)C2CC2)n1. The molecule has 2 N–H and O–H groups in total. The average molecular weight is 246 g/mol. The number of nitrogens with zero attached hydrogens (tertiary/aromatic N) is 2. The quantitative estimate of drug-likeness (QED) is 0.810. The molecule has 4 nitrogen and oxygen atoms in total. The summed E-state index contributed by atoms with van der Waals surface area (Å²) >= 11 is 0. The molecule has 4 heteroatoms. The Bertz CT molecular complexity index is 390. The van der Waals surface area contributed by atoms with Crippen molar-refractivity contribution in [2.24, 2.45) is 11.8 Å². The Balaban J connectivity index is 1.77. The molecule has 0 saturated heterocycles. The maximum absolute atomic E-state index is 4.60. The van der Waals surface area contributed by atoms with Crippen LogP contribution in [0.2, 0.25) is 0 Å². The third-order valence-electron chi connectivity index (χ3n) is 3.92. The van der Waals surface area contributed by atoms with Gasteiger partial charge >= 0.3 is 0 Å². The van der Waals surface area contributed by atoms with E-state index in [1.807, 2.05) is 13.1 Å². The van der Waals surface area contributed by atoms with Gasteiger partial charge in [0.15, 0.2) is 0 Å². The maximum Gasteiger partial charge on any atom is 0.132 e. The lowest BCUT2D eigenvalue weighted by Crippen LogP contribution is -2.25. The van der Waals surface area contributed by atoms with Crippen molar-refractivity contribution >= 4 is 11.6 Å². The van der Waals surface area contributed by atoms with Gasteiger partial charge in [0, 0.05) is 25.6 Å². The Morgan fingerprint density at radius 2 is 1.78 bits per heavy atom. The second-order valence-electron chi connectivity index (χ2n) is 5.50. The van der Waals surface area contributed by atoms with Gasteiger partial charge < -0.3 is 10.6 Å². The molecule has 0 spiro atoms. The van der Waals surface area contributed by atoms with Crippen LogP contribution in [-0.4, -0.2) is 23.1 Å². The van der Waals surface area contributed by atoms with E-state index >= 15 is 0 Å². The van der Waals surface area contributed by atoms with Crippen LogP contribution >= 0.6 is 0 Å². The summed E-state index contributed by atoms with van der Waals surface area (Å²) in [6.07, 6.45) is 6.43. The highest BCUT2D eigenvalue weighted by Gasteiger charge is 2.41. The van der Waals surface area contributed by atoms with E-state index in [0.717, 1.165) is 35.7 Å². The lowest BCUT2D eigenvalue weighted by atomic mass is 10.1. The van der Waals surface area contributed by atoms with Gasteiger partial charge in [-0.2, -0.15) is 0 Å². The largest absolute Gasteiger partial charge is 0.373 e. The highest BCUT2D eigenvalue weighted by molar-refractivity contribution is 5.48. The predicted molar refractivity (Wildman–Crippen MR) is 73.8 cm³/mol. The van der Waals surface area contributed by atoms with Crippen LogP contribution in [0.5, 0.6) is 0 Å². The minimum atomic E-state index is 0.648. The first kappa shape index (κ1) is 11.8. The Hall–Kier alpha value is -1.32. The van der Waals surface area contributed by atoms with Gasteiger partial charge in [0.25, 0.3) is 0 Å². The molecule has 0 atom stereocenters. The first-order chi connectivity index (χ1) is 8.80. The third kappa shape index (κ3) is 2.57. The molecule has 0 unspecified atom stereocenters. The van der Waals surface area contributed by atoms with Crippen molar-refractivity contribution in [3.63, 3.8) is 0 Å². The van der Waals surface area contributed by atoms with Crippen molar-refractivity contribution in [1.82, 2.24) is 9.97 Å². The fourth-order valence-electron chi connectivity index (χ4n) is 2.56. The molecular formula is C14H22N4. The molecule has 18 heavy (non-hydrogen) atoms. The Morgan fingerprint density at radius 3 is 2.28 bits per heavy atom. The van der Waals surface area contributed by atoms with Gasteiger partial charge in [-0.15, -0.1) is 0 Å². The van der Waals surface area contributed by atoms with E-state index in [4.69, 9.17) is 0 Å². The van der Waals surface area contributed by atoms with Gasteiger partial charge in [-0.25, -0.2) is 9.97 Å². The number of hydrogen-bond acceptors (Lipinski definition) is 4. The van der Waals surface area contributed by atoms with E-state index in [-0.39, 0.29) is 0 Å². The highest BCUT2D eigenvalue weighted by Crippen LogP contribution is 2.45. The molecule has 1 aromatic heterocycles. The van der Waals surface area contributed by atoms with E-state index in [1.54, 1.807) is 0 Å². The zero-order valence-electron chi connectivity index (χ0n) is 11.2. The van der Waals surface area contributed by atoms with Gasteiger partial charge in [0.1, 0.15) is 17.5 Å². The van der Waals surface area contributed by atoms with E-state index < -0.39 is 0 Å². The molecule has 0 radical (unpaired) electrons. The molecule has 1 aromatic rings. The Kier molecular flexibility index (Phi) is 3.10. The third-order valence-corrected chi connectivity index (χ3v) is 3.92. The fourth-order valence-corrected chi connectivity index (χ4v) is 2.56. The summed E-state index contributed by atoms with van der Waals surface area (Å²) in [6.45, 7) is 2.10. The number of hydrogen-bond donors (Lipinski definition) is 2. The lowest BCUT2D eigenvalue weighted by molar-refractivity contribution is 0.565. The molecule has 1 heterocycles. The van der Waals surface area contributed by atoms with Gasteiger partial charge in [-0.3, -0.25) is 0 Å². The fraction of sp³-hybridized carbons (Fsp3) is 0.714. The van der Waals surface area contributed by atoms with Crippen LogP contribution in [0.4, 0.5) is 11.6 Å². The number of aryl methyl sites for hydroxylation is 1. The van der Waals surface area contributed by atoms with E-state index in [9.17, 15) is 0 Å². The number of rotatable bonds is 6. The van der Waals surface area contributed by atoms with Crippen LogP contribution in [0, 0.1) is 11.8 Å². The zero-order chi connectivity index (χ0) is 12.5. The van der Waals surface area contributed by atoms with Crippen LogP contribution < -0.4 is 10.6 Å². The van der Waals surface area contributed by atoms with Gasteiger partial charge in [-0.1, -0.05) is 6.92 Å². The molecule has 0 bridgehead atoms. The molecule has 0 amide bonds. The van der Waals surface area contributed by atoms with Gasteiger partial charge in [0.2, 0.25) is 0 Å². The van der Waals surface area contributed by atoms with Crippen LogP contribution in [0.1, 0.15) is 38.4 Å². The molecule has 0 aromatic carbocycles. The molecule has 2 aliphatic rings. The molecule has 2 saturated carbocycles. The first-order valence-corrected chi connectivity index (χ1v) is 7.12. The molecule has 3 rings (SSSR count). The van der Waals surface area contributed by atoms with Crippen LogP contribution in [-0.2, 0) is 6.42 Å². The average Bonchev–Trinajstić information content (AvgIpc) is 3.28. The van der Waals surface area contributed by atoms with Gasteiger partial charge in [-0.05, 0) is 37.5 Å². The van der Waals surface area contributed by atoms with Crippen molar-refractivity contribution in [2.45, 2.75) is 45.1 Å². The smallest absolute Gasteiger partial charge is 0.132 e. The van der Waals surface area contributed by atoms with Crippen molar-refractivity contribution in [1.29, 1.82) is 0 Å². The minimum absolute atomic E-state index is 0.648. The topological polar surface area (TPSA) is 49.8 Å². The number of aromatic nitrogens is 2. The van der Waals surface area contributed by atoms with Crippen molar-refractivity contribution < 1.29 is 0 Å². The predicted octanol–water partition coefficient (Wildman–Crippen LogP) is 2.68. The molecular weight excluding hydrogens is 224 g/mol. The standard InChI is InChI=1S/C14H22N4/c1-3-11-16-12(15-2)8-13(17-11)18-14(9-4-5-9)10-6-7-10/h8-10,14H,3-7H2,1-2H3,(H2,15,16,17,18). The van der Waals surface area contributed by atoms with E-state index in [1.165, 1.54) is 25.7 Å². The summed E-state index contributed by atoms with van der Waals surface area (Å²) in [7, 11) is 1.91. The summed E-state index contributed by atoms with van der Waals surface area (Å²) < 4.78 is 0. The van der Waals surface area contributed by atoms with E-state index in [2.05, 4.69) is 27.5 Å². The van der Waals surface area contributed by atoms with Crippen LogP contribution in [0.3, 0.4) is 0 Å². The van der Waals surface area contributed by atoms with Gasteiger partial charge in [0.05, 0.1) is 0 Å². The molecule has 98 valence electrons. The molecule has 2 fully saturated rings. The minimum Gasteiger partial charge on any atom is -0.373 e. The summed E-state index contributed by atoms with van der Waals surface area (Å²) in [6, 6.07) is 2.67. The summed E-state index contributed by atoms with van der Waals surface area (Å²) in [5.41, 5.74) is 0. The van der Waals surface area contributed by atoms with Crippen molar-refractivity contribution in [3.05, 3.63) is 11.9 Å². The number of nitrogens with one attached hydrogen (secondary N) is 2. The van der Waals surface area contributed by atoms with Crippen LogP contribution in [0.15, 0.2) is 6.07 Å². The second-order valence-corrected chi connectivity index (χ2v) is 5.50. The summed E-state index contributed by atoms with van der Waals surface area (Å²) in [5, 5.41) is 6.78. The first-order valence-electron chi connectivity index (χ1n) is 7.12. The Morgan fingerprint density at radius 1 is 1.17 bits per heavy atom. The second kappa shape index (κ2) is 4.75. The lowest BCUT2D eigenvalue weighted by Gasteiger charge is -2.19. The maximum atomic E-state index is 4.60. The molecule has 0 aliphatic heterocycles.